The van der Waals surface area contributed by atoms with E-state index in [0.717, 1.165) is 11.3 Å². The van der Waals surface area contributed by atoms with E-state index in [1.807, 2.05) is 24.3 Å². The number of rotatable bonds is 3. The number of carbonyl (C=O) groups is 1. The van der Waals surface area contributed by atoms with Crippen molar-refractivity contribution in [3.05, 3.63) is 29.8 Å². The Balaban J connectivity index is 2.00. The van der Waals surface area contributed by atoms with Crippen LogP contribution in [-0.2, 0) is 11.2 Å². The maximum absolute atomic E-state index is 12.2. The molecule has 19 heavy (non-hydrogen) atoms. The Bertz CT molecular complexity index is 440. The third kappa shape index (κ3) is 3.07. The molecule has 2 atom stereocenters. The fourth-order valence-electron chi connectivity index (χ4n) is 2.22. The molecule has 0 saturated carbocycles. The summed E-state index contributed by atoms with van der Waals surface area (Å²) in [7, 11) is 0. The highest BCUT2D eigenvalue weighted by molar-refractivity contribution is 5.82. The molecule has 104 valence electrons. The van der Waals surface area contributed by atoms with E-state index in [4.69, 9.17) is 10.5 Å². The second-order valence-corrected chi connectivity index (χ2v) is 6.08. The third-order valence-corrected chi connectivity index (χ3v) is 3.54. The first kappa shape index (κ1) is 13.9. The smallest absolute Gasteiger partial charge is 0.261 e. The molecule has 1 aliphatic heterocycles. The van der Waals surface area contributed by atoms with Gasteiger partial charge in [-0.3, -0.25) is 4.79 Å². The number of nitrogens with two attached hydrogens (primary N) is 1. The normalized spacial score (nSPS) is 19.5. The maximum Gasteiger partial charge on any atom is 0.261 e. The van der Waals surface area contributed by atoms with Crippen LogP contribution in [0.25, 0.3) is 0 Å². The van der Waals surface area contributed by atoms with Gasteiger partial charge >= 0.3 is 0 Å². The number of hydrogen-bond donors (Lipinski definition) is 2. The van der Waals surface area contributed by atoms with Gasteiger partial charge in [0, 0.05) is 19.0 Å². The van der Waals surface area contributed by atoms with E-state index in [0.29, 0.717) is 13.0 Å². The Morgan fingerprint density at radius 1 is 1.47 bits per heavy atom. The average molecular weight is 262 g/mol. The van der Waals surface area contributed by atoms with Gasteiger partial charge in [0.15, 0.2) is 6.10 Å². The van der Waals surface area contributed by atoms with Crippen molar-refractivity contribution < 1.29 is 9.53 Å². The summed E-state index contributed by atoms with van der Waals surface area (Å²) in [4.78, 5) is 12.2. The van der Waals surface area contributed by atoms with Crippen LogP contribution in [0.2, 0.25) is 0 Å². The molecule has 1 aromatic rings. The SMILES string of the molecule is CC(C)(C)C(CN)NC(=O)C1Cc2ccccc2O1. The molecule has 0 aromatic heterocycles. The fourth-order valence-corrected chi connectivity index (χ4v) is 2.22. The molecule has 0 spiro atoms. The monoisotopic (exact) mass is 262 g/mol. The number of nitrogens with one attached hydrogen (secondary N) is 1. The first-order valence-electron chi connectivity index (χ1n) is 6.67. The molecule has 0 radical (unpaired) electrons. The predicted octanol–water partition coefficient (Wildman–Crippen LogP) is 1.48. The van der Waals surface area contributed by atoms with Gasteiger partial charge in [0.05, 0.1) is 0 Å². The van der Waals surface area contributed by atoms with Gasteiger partial charge < -0.3 is 15.8 Å². The summed E-state index contributed by atoms with van der Waals surface area (Å²) in [6, 6.07) is 7.71. The summed E-state index contributed by atoms with van der Waals surface area (Å²) < 4.78 is 5.67. The molecule has 0 saturated heterocycles. The van der Waals surface area contributed by atoms with Gasteiger partial charge in [-0.05, 0) is 17.0 Å². The number of para-hydroxylation sites is 1. The molecular formula is C15H22N2O2. The highest BCUT2D eigenvalue weighted by Gasteiger charge is 2.32. The van der Waals surface area contributed by atoms with E-state index in [2.05, 4.69) is 26.1 Å². The van der Waals surface area contributed by atoms with Gasteiger partial charge in [-0.2, -0.15) is 0 Å². The Morgan fingerprint density at radius 2 is 2.16 bits per heavy atom. The minimum absolute atomic E-state index is 0.0488. The van der Waals surface area contributed by atoms with Crippen molar-refractivity contribution in [3.8, 4) is 5.75 Å². The summed E-state index contributed by atoms with van der Waals surface area (Å²) in [5.41, 5.74) is 6.76. The molecule has 1 heterocycles. The first-order valence-corrected chi connectivity index (χ1v) is 6.67. The zero-order valence-electron chi connectivity index (χ0n) is 11.8. The molecule has 2 rings (SSSR count). The zero-order valence-corrected chi connectivity index (χ0v) is 11.8. The van der Waals surface area contributed by atoms with Crippen LogP contribution in [-0.4, -0.2) is 24.6 Å². The number of fused-ring (bicyclic) bond motifs is 1. The topological polar surface area (TPSA) is 64.3 Å². The molecule has 4 heteroatoms. The fraction of sp³-hybridized carbons (Fsp3) is 0.533. The minimum atomic E-state index is -0.436. The zero-order chi connectivity index (χ0) is 14.0. The van der Waals surface area contributed by atoms with Gasteiger partial charge in [-0.25, -0.2) is 0 Å². The van der Waals surface area contributed by atoms with E-state index in [9.17, 15) is 4.79 Å². The van der Waals surface area contributed by atoms with E-state index in [1.165, 1.54) is 0 Å². The van der Waals surface area contributed by atoms with Gasteiger partial charge in [-0.1, -0.05) is 39.0 Å². The Morgan fingerprint density at radius 3 is 2.74 bits per heavy atom. The van der Waals surface area contributed by atoms with E-state index in [-0.39, 0.29) is 17.4 Å². The van der Waals surface area contributed by atoms with Crippen LogP contribution in [0.4, 0.5) is 0 Å². The standard InChI is InChI=1S/C15H22N2O2/c1-15(2,3)13(9-16)17-14(18)12-8-10-6-4-5-7-11(10)19-12/h4-7,12-13H,8-9,16H2,1-3H3,(H,17,18). The summed E-state index contributed by atoms with van der Waals surface area (Å²) in [5.74, 6) is 0.726. The Hall–Kier alpha value is -1.55. The molecule has 0 bridgehead atoms. The highest BCUT2D eigenvalue weighted by atomic mass is 16.5. The van der Waals surface area contributed by atoms with Gasteiger partial charge in [-0.15, -0.1) is 0 Å². The molecule has 1 amide bonds. The Labute approximate surface area is 114 Å². The number of ether oxygens (including phenoxy) is 1. The number of hydrogen-bond acceptors (Lipinski definition) is 3. The molecule has 4 nitrogen and oxygen atoms in total. The van der Waals surface area contributed by atoms with Crippen LogP contribution in [0, 0.1) is 5.41 Å². The lowest BCUT2D eigenvalue weighted by Gasteiger charge is -2.31. The van der Waals surface area contributed by atoms with Crippen LogP contribution >= 0.6 is 0 Å². The van der Waals surface area contributed by atoms with Crippen LogP contribution in [0.5, 0.6) is 5.75 Å². The van der Waals surface area contributed by atoms with Crippen molar-refractivity contribution in [1.82, 2.24) is 5.32 Å². The average Bonchev–Trinajstić information content (AvgIpc) is 2.77. The molecular weight excluding hydrogens is 240 g/mol. The second kappa shape index (κ2) is 5.21. The Kier molecular flexibility index (Phi) is 3.80. The molecule has 0 aliphatic carbocycles. The van der Waals surface area contributed by atoms with E-state index < -0.39 is 6.10 Å². The number of carbonyl (C=O) groups excluding carboxylic acids is 1. The summed E-state index contributed by atoms with van der Waals surface area (Å²) in [5, 5.41) is 2.99. The largest absolute Gasteiger partial charge is 0.480 e. The summed E-state index contributed by atoms with van der Waals surface area (Å²) in [6.45, 7) is 6.62. The molecule has 1 aliphatic rings. The summed E-state index contributed by atoms with van der Waals surface area (Å²) >= 11 is 0. The van der Waals surface area contributed by atoms with Crippen LogP contribution in [0.1, 0.15) is 26.3 Å². The van der Waals surface area contributed by atoms with Crippen LogP contribution < -0.4 is 15.8 Å². The van der Waals surface area contributed by atoms with E-state index in [1.54, 1.807) is 0 Å². The second-order valence-electron chi connectivity index (χ2n) is 6.08. The predicted molar refractivity (Wildman–Crippen MR) is 75.0 cm³/mol. The van der Waals surface area contributed by atoms with Crippen molar-refractivity contribution in [2.75, 3.05) is 6.54 Å². The van der Waals surface area contributed by atoms with Gasteiger partial charge in [0.1, 0.15) is 5.75 Å². The molecule has 3 N–H and O–H groups in total. The summed E-state index contributed by atoms with van der Waals surface area (Å²) in [6.07, 6.45) is 0.192. The van der Waals surface area contributed by atoms with Crippen molar-refractivity contribution in [3.63, 3.8) is 0 Å². The van der Waals surface area contributed by atoms with Gasteiger partial charge in [0.2, 0.25) is 0 Å². The maximum atomic E-state index is 12.2. The van der Waals surface area contributed by atoms with Crippen LogP contribution in [0.3, 0.4) is 0 Å². The first-order chi connectivity index (χ1) is 8.91. The lowest BCUT2D eigenvalue weighted by Crippen LogP contribution is -2.52. The molecule has 1 aromatic carbocycles. The third-order valence-electron chi connectivity index (χ3n) is 3.54. The minimum Gasteiger partial charge on any atom is -0.480 e. The number of amides is 1. The van der Waals surface area contributed by atoms with Crippen LogP contribution in [0.15, 0.2) is 24.3 Å². The van der Waals surface area contributed by atoms with E-state index >= 15 is 0 Å². The van der Waals surface area contributed by atoms with Gasteiger partial charge in [0.25, 0.3) is 5.91 Å². The van der Waals surface area contributed by atoms with Crippen molar-refractivity contribution in [2.24, 2.45) is 11.1 Å². The quantitative estimate of drug-likeness (QED) is 0.867. The van der Waals surface area contributed by atoms with Crippen molar-refractivity contribution in [1.29, 1.82) is 0 Å². The number of benzene rings is 1. The lowest BCUT2D eigenvalue weighted by atomic mass is 9.86. The molecule has 0 fully saturated rings. The van der Waals surface area contributed by atoms with Crippen molar-refractivity contribution >= 4 is 5.91 Å². The van der Waals surface area contributed by atoms with Crippen molar-refractivity contribution in [2.45, 2.75) is 39.3 Å². The lowest BCUT2D eigenvalue weighted by molar-refractivity contribution is -0.128. The molecule has 2 unspecified atom stereocenters. The highest BCUT2D eigenvalue weighted by Crippen LogP contribution is 2.28.